The van der Waals surface area contributed by atoms with Gasteiger partial charge in [0.15, 0.2) is 0 Å². The van der Waals surface area contributed by atoms with Gasteiger partial charge in [-0.2, -0.15) is 0 Å². The minimum Gasteiger partial charge on any atom is -0.444 e. The van der Waals surface area contributed by atoms with Crippen molar-refractivity contribution in [3.05, 3.63) is 59.2 Å². The summed E-state index contributed by atoms with van der Waals surface area (Å²) in [5.74, 6) is 0. The molecule has 1 fully saturated rings. The van der Waals surface area contributed by atoms with Gasteiger partial charge in [0.1, 0.15) is 11.3 Å². The van der Waals surface area contributed by atoms with Gasteiger partial charge < -0.3 is 9.64 Å². The fourth-order valence-corrected chi connectivity index (χ4v) is 3.65. The Kier molecular flexibility index (Phi) is 6.74. The summed E-state index contributed by atoms with van der Waals surface area (Å²) in [7, 11) is 0. The first-order chi connectivity index (χ1) is 14.1. The molecular weight excluding hydrogens is 381 g/mol. The molecule has 2 aromatic rings. The van der Waals surface area contributed by atoms with Crippen LogP contribution < -0.4 is 0 Å². The van der Waals surface area contributed by atoms with Crippen LogP contribution in [-0.2, 0) is 17.6 Å². The summed E-state index contributed by atoms with van der Waals surface area (Å²) >= 11 is 0. The molecule has 0 atom stereocenters. The van der Waals surface area contributed by atoms with Gasteiger partial charge in [-0.15, -0.1) is 0 Å². The summed E-state index contributed by atoms with van der Waals surface area (Å²) < 4.78 is 20.7. The SMILES string of the molecule is Cc1ccc(Cc2cncc(CCC3(F)CCN(C(=O)OC(C)(C)C)CC3)c2)cn1. The molecule has 1 aliphatic rings. The Bertz CT molecular complexity index is 853. The highest BCUT2D eigenvalue weighted by atomic mass is 19.1. The first-order valence-electron chi connectivity index (χ1n) is 10.6. The molecule has 3 heterocycles. The molecule has 0 saturated carbocycles. The van der Waals surface area contributed by atoms with E-state index in [0.717, 1.165) is 28.8 Å². The Morgan fingerprint density at radius 3 is 2.47 bits per heavy atom. The summed E-state index contributed by atoms with van der Waals surface area (Å²) in [6.45, 7) is 8.27. The molecule has 1 aliphatic heterocycles. The maximum absolute atomic E-state index is 15.3. The van der Waals surface area contributed by atoms with Gasteiger partial charge in [-0.05, 0) is 76.1 Å². The molecule has 1 saturated heterocycles. The average molecular weight is 414 g/mol. The number of halogens is 1. The molecule has 0 aromatic carbocycles. The van der Waals surface area contributed by atoms with Crippen LogP contribution in [0.1, 0.15) is 62.4 Å². The van der Waals surface area contributed by atoms with Crippen molar-refractivity contribution in [2.45, 2.75) is 71.1 Å². The first kappa shape index (κ1) is 22.2. The smallest absolute Gasteiger partial charge is 0.410 e. The number of hydrogen-bond acceptors (Lipinski definition) is 4. The molecule has 1 amide bonds. The number of rotatable bonds is 5. The Labute approximate surface area is 178 Å². The van der Waals surface area contributed by atoms with Gasteiger partial charge in [-0.1, -0.05) is 12.1 Å². The zero-order valence-electron chi connectivity index (χ0n) is 18.4. The molecule has 0 radical (unpaired) electrons. The van der Waals surface area contributed by atoms with Crippen LogP contribution in [0.3, 0.4) is 0 Å². The fraction of sp³-hybridized carbons (Fsp3) is 0.542. The summed E-state index contributed by atoms with van der Waals surface area (Å²) in [6.07, 6.45) is 7.72. The fourth-order valence-electron chi connectivity index (χ4n) is 3.65. The number of ether oxygens (including phenoxy) is 1. The van der Waals surface area contributed by atoms with Crippen LogP contribution in [0.2, 0.25) is 0 Å². The van der Waals surface area contributed by atoms with E-state index in [0.29, 0.717) is 38.8 Å². The third-order valence-electron chi connectivity index (χ3n) is 5.41. The molecule has 0 aliphatic carbocycles. The zero-order valence-corrected chi connectivity index (χ0v) is 18.4. The Morgan fingerprint density at radius 2 is 1.83 bits per heavy atom. The van der Waals surface area contributed by atoms with E-state index in [9.17, 15) is 4.79 Å². The third-order valence-corrected chi connectivity index (χ3v) is 5.41. The normalized spacial score (nSPS) is 16.4. The second-order valence-electron chi connectivity index (χ2n) is 9.30. The van der Waals surface area contributed by atoms with Crippen molar-refractivity contribution in [3.8, 4) is 0 Å². The summed E-state index contributed by atoms with van der Waals surface area (Å²) in [5.41, 5.74) is 2.49. The highest BCUT2D eigenvalue weighted by molar-refractivity contribution is 5.68. The predicted octanol–water partition coefficient (Wildman–Crippen LogP) is 5.05. The number of amides is 1. The zero-order chi connectivity index (χ0) is 21.8. The minimum absolute atomic E-state index is 0.342. The van der Waals surface area contributed by atoms with Gasteiger partial charge in [0.25, 0.3) is 0 Å². The van der Waals surface area contributed by atoms with E-state index in [4.69, 9.17) is 4.74 Å². The monoisotopic (exact) mass is 413 g/mol. The van der Waals surface area contributed by atoms with Gasteiger partial charge in [0.2, 0.25) is 0 Å². The lowest BCUT2D eigenvalue weighted by Crippen LogP contribution is -2.46. The number of alkyl halides is 1. The molecule has 3 rings (SSSR count). The summed E-state index contributed by atoms with van der Waals surface area (Å²) in [5, 5.41) is 0. The van der Waals surface area contributed by atoms with E-state index < -0.39 is 11.3 Å². The van der Waals surface area contributed by atoms with Gasteiger partial charge in [0.05, 0.1) is 0 Å². The average Bonchev–Trinajstić information content (AvgIpc) is 2.68. The van der Waals surface area contributed by atoms with Crippen molar-refractivity contribution >= 4 is 6.09 Å². The number of nitrogens with zero attached hydrogens (tertiary/aromatic N) is 3. The van der Waals surface area contributed by atoms with Crippen LogP contribution in [0.4, 0.5) is 9.18 Å². The molecule has 2 aromatic heterocycles. The van der Waals surface area contributed by atoms with Crippen molar-refractivity contribution in [2.24, 2.45) is 0 Å². The maximum Gasteiger partial charge on any atom is 0.410 e. The predicted molar refractivity (Wildman–Crippen MR) is 115 cm³/mol. The number of hydrogen-bond donors (Lipinski definition) is 0. The van der Waals surface area contributed by atoms with E-state index in [2.05, 4.69) is 22.1 Å². The number of carbonyl (C=O) groups excluding carboxylic acids is 1. The second kappa shape index (κ2) is 9.11. The van der Waals surface area contributed by atoms with E-state index in [1.165, 1.54) is 0 Å². The summed E-state index contributed by atoms with van der Waals surface area (Å²) in [6, 6.07) is 6.18. The molecule has 0 bridgehead atoms. The van der Waals surface area contributed by atoms with Gasteiger partial charge in [-0.25, -0.2) is 9.18 Å². The minimum atomic E-state index is -1.25. The molecule has 0 N–H and O–H groups in total. The molecular formula is C24H32FN3O2. The van der Waals surface area contributed by atoms with Crippen molar-refractivity contribution in [3.63, 3.8) is 0 Å². The van der Waals surface area contributed by atoms with Crippen molar-refractivity contribution in [1.82, 2.24) is 14.9 Å². The van der Waals surface area contributed by atoms with Crippen LogP contribution in [0.15, 0.2) is 36.8 Å². The number of aryl methyl sites for hydroxylation is 2. The molecule has 0 unspecified atom stereocenters. The lowest BCUT2D eigenvalue weighted by molar-refractivity contribution is 0.00155. The van der Waals surface area contributed by atoms with E-state index in [-0.39, 0.29) is 6.09 Å². The molecule has 6 heteroatoms. The number of carbonyl (C=O) groups is 1. The van der Waals surface area contributed by atoms with Gasteiger partial charge in [0, 0.05) is 43.8 Å². The number of aromatic nitrogens is 2. The molecule has 0 spiro atoms. The maximum atomic E-state index is 15.3. The van der Waals surface area contributed by atoms with Crippen LogP contribution in [0.25, 0.3) is 0 Å². The van der Waals surface area contributed by atoms with Crippen LogP contribution in [0, 0.1) is 6.92 Å². The lowest BCUT2D eigenvalue weighted by Gasteiger charge is -2.37. The molecule has 162 valence electrons. The quantitative estimate of drug-likeness (QED) is 0.688. The van der Waals surface area contributed by atoms with E-state index in [1.54, 1.807) is 4.90 Å². The first-order valence-corrected chi connectivity index (χ1v) is 10.6. The van der Waals surface area contributed by atoms with Crippen LogP contribution in [0.5, 0.6) is 0 Å². The van der Waals surface area contributed by atoms with Gasteiger partial charge >= 0.3 is 6.09 Å². The van der Waals surface area contributed by atoms with Crippen molar-refractivity contribution < 1.29 is 13.9 Å². The molecule has 30 heavy (non-hydrogen) atoms. The van der Waals surface area contributed by atoms with E-state index >= 15 is 4.39 Å². The topological polar surface area (TPSA) is 55.3 Å². The van der Waals surface area contributed by atoms with Gasteiger partial charge in [-0.3, -0.25) is 9.97 Å². The third kappa shape index (κ3) is 6.51. The Balaban J connectivity index is 1.52. The standard InChI is InChI=1S/C24H32FN3O2/c1-18-5-6-19(17-27-18)13-21-14-20(15-26-16-21)7-8-24(25)9-11-28(12-10-24)22(29)30-23(2,3)4/h5-6,14-17H,7-13H2,1-4H3. The summed E-state index contributed by atoms with van der Waals surface area (Å²) in [4.78, 5) is 22.5. The largest absolute Gasteiger partial charge is 0.444 e. The highest BCUT2D eigenvalue weighted by Crippen LogP contribution is 2.32. The number of likely N-dealkylation sites (tertiary alicyclic amines) is 1. The number of pyridine rings is 2. The van der Waals surface area contributed by atoms with Crippen LogP contribution in [-0.4, -0.2) is 45.3 Å². The number of piperidine rings is 1. The second-order valence-corrected chi connectivity index (χ2v) is 9.30. The van der Waals surface area contributed by atoms with Crippen LogP contribution >= 0.6 is 0 Å². The van der Waals surface area contributed by atoms with E-state index in [1.807, 2.05) is 52.4 Å². The molecule has 5 nitrogen and oxygen atoms in total. The van der Waals surface area contributed by atoms with Crippen molar-refractivity contribution in [2.75, 3.05) is 13.1 Å². The Hall–Kier alpha value is -2.50. The van der Waals surface area contributed by atoms with Crippen molar-refractivity contribution in [1.29, 1.82) is 0 Å². The highest BCUT2D eigenvalue weighted by Gasteiger charge is 2.36. The Morgan fingerprint density at radius 1 is 1.13 bits per heavy atom. The lowest BCUT2D eigenvalue weighted by atomic mass is 9.87.